The number of urea groups is 1. The maximum absolute atomic E-state index is 13.3. The van der Waals surface area contributed by atoms with E-state index < -0.39 is 0 Å². The molecule has 7 rings (SSSR count). The SMILES string of the molecule is O=C(Nc1ccc(F)cc1)N1C2CCC1C1C(C2)[C@@H]1OCc1c(-c2c(Cl)cccc2Cl)noc1C1CC1. The summed E-state index contributed by atoms with van der Waals surface area (Å²) in [5, 5.41) is 8.38. The molecule has 9 heteroatoms. The van der Waals surface area contributed by atoms with Crippen molar-refractivity contribution in [3.05, 3.63) is 69.7 Å². The molecule has 1 N–H and O–H groups in total. The number of fused-ring (bicyclic) bond motifs is 4. The number of carbonyl (C=O) groups is 1. The van der Waals surface area contributed by atoms with Crippen LogP contribution in [0.3, 0.4) is 0 Å². The van der Waals surface area contributed by atoms with Gasteiger partial charge in [-0.15, -0.1) is 0 Å². The molecule has 2 amide bonds. The van der Waals surface area contributed by atoms with Gasteiger partial charge in [-0.25, -0.2) is 9.18 Å². The molecule has 37 heavy (non-hydrogen) atoms. The molecule has 6 nitrogen and oxygen atoms in total. The topological polar surface area (TPSA) is 67.6 Å². The zero-order chi connectivity index (χ0) is 25.3. The smallest absolute Gasteiger partial charge is 0.322 e. The fraction of sp³-hybridized carbons (Fsp3) is 0.429. The lowest BCUT2D eigenvalue weighted by Gasteiger charge is -2.34. The van der Waals surface area contributed by atoms with Gasteiger partial charge in [-0.05, 0) is 74.4 Å². The second-order valence-electron chi connectivity index (χ2n) is 10.6. The molecular weight excluding hydrogens is 516 g/mol. The first-order valence-electron chi connectivity index (χ1n) is 12.9. The number of hydrogen-bond donors (Lipinski definition) is 1. The van der Waals surface area contributed by atoms with E-state index in [4.69, 9.17) is 32.5 Å². The Morgan fingerprint density at radius 3 is 2.59 bits per heavy atom. The summed E-state index contributed by atoms with van der Waals surface area (Å²) in [4.78, 5) is 15.2. The maximum atomic E-state index is 13.3. The molecule has 2 aromatic carbocycles. The number of hydrogen-bond acceptors (Lipinski definition) is 4. The molecule has 1 aromatic heterocycles. The number of anilines is 1. The minimum absolute atomic E-state index is 0.0907. The predicted octanol–water partition coefficient (Wildman–Crippen LogP) is 7.26. The Kier molecular flexibility index (Phi) is 5.72. The summed E-state index contributed by atoms with van der Waals surface area (Å²) in [5.74, 6) is 1.67. The highest BCUT2D eigenvalue weighted by Gasteiger charge is 2.64. The fourth-order valence-electron chi connectivity index (χ4n) is 6.50. The van der Waals surface area contributed by atoms with Gasteiger partial charge in [0, 0.05) is 40.7 Å². The molecular formula is C28H26Cl2FN3O3. The summed E-state index contributed by atoms with van der Waals surface area (Å²) >= 11 is 13.0. The van der Waals surface area contributed by atoms with E-state index in [0.29, 0.717) is 51.4 Å². The van der Waals surface area contributed by atoms with Crippen molar-refractivity contribution in [2.45, 2.75) is 62.8 Å². The van der Waals surface area contributed by atoms with Crippen LogP contribution in [0.4, 0.5) is 14.9 Å². The van der Waals surface area contributed by atoms with E-state index in [-0.39, 0.29) is 30.0 Å². The summed E-state index contributed by atoms with van der Waals surface area (Å²) in [7, 11) is 0. The minimum Gasteiger partial charge on any atom is -0.373 e. The van der Waals surface area contributed by atoms with Crippen molar-refractivity contribution >= 4 is 34.9 Å². The van der Waals surface area contributed by atoms with Crippen LogP contribution >= 0.6 is 23.2 Å². The number of benzene rings is 2. The van der Waals surface area contributed by atoms with Gasteiger partial charge in [0.05, 0.1) is 22.8 Å². The van der Waals surface area contributed by atoms with Gasteiger partial charge in [0.2, 0.25) is 0 Å². The number of carbonyl (C=O) groups excluding carboxylic acids is 1. The second kappa shape index (κ2) is 9.00. The van der Waals surface area contributed by atoms with Crippen molar-refractivity contribution < 1.29 is 18.4 Å². The quantitative estimate of drug-likeness (QED) is 0.356. The van der Waals surface area contributed by atoms with Crippen molar-refractivity contribution in [3.8, 4) is 11.3 Å². The third-order valence-corrected chi connectivity index (χ3v) is 9.04. The van der Waals surface area contributed by atoms with Crippen LogP contribution in [0, 0.1) is 17.7 Å². The van der Waals surface area contributed by atoms with E-state index in [9.17, 15) is 9.18 Å². The Labute approximate surface area is 224 Å². The number of ether oxygens (including phenoxy) is 1. The fourth-order valence-corrected chi connectivity index (χ4v) is 7.08. The zero-order valence-corrected chi connectivity index (χ0v) is 21.5. The van der Waals surface area contributed by atoms with Crippen molar-refractivity contribution in [2.75, 3.05) is 5.32 Å². The molecule has 2 saturated carbocycles. The van der Waals surface area contributed by atoms with Gasteiger partial charge in [0.25, 0.3) is 0 Å². The highest BCUT2D eigenvalue weighted by Crippen LogP contribution is 2.58. The van der Waals surface area contributed by atoms with Crippen LogP contribution in [0.1, 0.15) is 49.3 Å². The molecule has 2 bridgehead atoms. The average Bonchev–Trinajstić information content (AvgIpc) is 3.77. The summed E-state index contributed by atoms with van der Waals surface area (Å²) < 4.78 is 25.6. The minimum atomic E-state index is -0.325. The number of amides is 2. The average molecular weight is 542 g/mol. The number of nitrogens with one attached hydrogen (secondary N) is 1. The summed E-state index contributed by atoms with van der Waals surface area (Å²) in [6.07, 6.45) is 5.17. The van der Waals surface area contributed by atoms with Crippen LogP contribution in [0.15, 0.2) is 47.0 Å². The molecule has 2 saturated heterocycles. The third kappa shape index (κ3) is 4.12. The van der Waals surface area contributed by atoms with Crippen LogP contribution in [0.25, 0.3) is 11.3 Å². The zero-order valence-electron chi connectivity index (χ0n) is 20.0. The molecule has 0 radical (unpaired) electrons. The lowest BCUT2D eigenvalue weighted by molar-refractivity contribution is 0.0827. The molecule has 4 unspecified atom stereocenters. The summed E-state index contributed by atoms with van der Waals surface area (Å²) in [5.41, 5.74) is 2.86. The normalized spacial score (nSPS) is 27.8. The van der Waals surface area contributed by atoms with Gasteiger partial charge in [0.1, 0.15) is 17.3 Å². The van der Waals surface area contributed by atoms with Gasteiger partial charge >= 0.3 is 6.03 Å². The highest BCUT2D eigenvalue weighted by molar-refractivity contribution is 6.39. The number of rotatable bonds is 6. The Morgan fingerprint density at radius 1 is 1.11 bits per heavy atom. The van der Waals surface area contributed by atoms with Crippen molar-refractivity contribution in [3.63, 3.8) is 0 Å². The largest absolute Gasteiger partial charge is 0.373 e. The standard InChI is InChI=1S/C28H26Cl2FN3O3/c29-20-2-1-3-21(30)24(20)25-19(26(37-33-25)14-4-5-14)13-36-27-18-12-17-10-11-22(23(18)27)34(17)28(35)32-16-8-6-15(31)7-9-16/h1-3,6-9,14,17-18,22-23,27H,4-5,10-13H2,(H,32,35)/t17?,18?,22?,23?,27-/m0/s1. The third-order valence-electron chi connectivity index (χ3n) is 8.41. The van der Waals surface area contributed by atoms with E-state index in [2.05, 4.69) is 10.5 Å². The second-order valence-corrected chi connectivity index (χ2v) is 11.5. The highest BCUT2D eigenvalue weighted by atomic mass is 35.5. The van der Waals surface area contributed by atoms with Gasteiger partial charge in [-0.1, -0.05) is 34.4 Å². The van der Waals surface area contributed by atoms with E-state index in [1.807, 2.05) is 11.0 Å². The van der Waals surface area contributed by atoms with Crippen LogP contribution in [0.2, 0.25) is 10.0 Å². The summed E-state index contributed by atoms with van der Waals surface area (Å²) in [6, 6.07) is 11.5. The van der Waals surface area contributed by atoms with E-state index in [0.717, 1.165) is 43.4 Å². The Balaban J connectivity index is 1.08. The Bertz CT molecular complexity index is 1340. The van der Waals surface area contributed by atoms with Gasteiger partial charge < -0.3 is 19.5 Å². The molecule has 5 atom stereocenters. The van der Waals surface area contributed by atoms with E-state index in [1.54, 1.807) is 24.3 Å². The first kappa shape index (κ1) is 23.5. The number of piperidine rings is 1. The van der Waals surface area contributed by atoms with Gasteiger partial charge in [-0.2, -0.15) is 0 Å². The maximum Gasteiger partial charge on any atom is 0.322 e. The van der Waals surface area contributed by atoms with Crippen LogP contribution < -0.4 is 5.32 Å². The lowest BCUT2D eigenvalue weighted by atomic mass is 10.0. The Hall–Kier alpha value is -2.61. The van der Waals surface area contributed by atoms with Crippen molar-refractivity contribution in [2.24, 2.45) is 11.8 Å². The van der Waals surface area contributed by atoms with Gasteiger partial charge in [0.15, 0.2) is 0 Å². The molecule has 2 aliphatic carbocycles. The van der Waals surface area contributed by atoms with Crippen LogP contribution in [-0.4, -0.2) is 34.3 Å². The lowest BCUT2D eigenvalue weighted by Crippen LogP contribution is -2.47. The number of nitrogens with zero attached hydrogens (tertiary/aromatic N) is 2. The number of halogens is 3. The molecule has 2 aliphatic heterocycles. The number of aromatic nitrogens is 1. The predicted molar refractivity (Wildman–Crippen MR) is 138 cm³/mol. The monoisotopic (exact) mass is 541 g/mol. The molecule has 3 heterocycles. The van der Waals surface area contributed by atoms with Crippen LogP contribution in [-0.2, 0) is 11.3 Å². The Morgan fingerprint density at radius 2 is 1.86 bits per heavy atom. The first-order valence-corrected chi connectivity index (χ1v) is 13.6. The summed E-state index contributed by atoms with van der Waals surface area (Å²) in [6.45, 7) is 0.378. The van der Waals surface area contributed by atoms with Crippen LogP contribution in [0.5, 0.6) is 0 Å². The molecule has 3 aromatic rings. The first-order chi connectivity index (χ1) is 18.0. The molecule has 0 spiro atoms. The van der Waals surface area contributed by atoms with Gasteiger partial charge in [-0.3, -0.25) is 0 Å². The van der Waals surface area contributed by atoms with E-state index in [1.165, 1.54) is 12.1 Å². The molecule has 192 valence electrons. The molecule has 4 fully saturated rings. The van der Waals surface area contributed by atoms with Crippen molar-refractivity contribution in [1.82, 2.24) is 10.1 Å². The molecule has 4 aliphatic rings. The van der Waals surface area contributed by atoms with E-state index >= 15 is 0 Å². The van der Waals surface area contributed by atoms with Crippen molar-refractivity contribution in [1.29, 1.82) is 0 Å².